The maximum atomic E-state index is 4.93. The first-order valence-corrected chi connectivity index (χ1v) is 5.09. The Bertz CT molecular complexity index is 140. The van der Waals surface area contributed by atoms with E-state index in [2.05, 4.69) is 15.9 Å². The van der Waals surface area contributed by atoms with Gasteiger partial charge in [0, 0.05) is 10.7 Å². The van der Waals surface area contributed by atoms with Crippen molar-refractivity contribution in [1.82, 2.24) is 0 Å². The lowest BCUT2D eigenvalue weighted by Gasteiger charge is -1.82. The van der Waals surface area contributed by atoms with Crippen LogP contribution in [-0.4, -0.2) is 9.28 Å². The fraction of sp³-hybridized carbons (Fsp3) is 0.250. The Hall–Kier alpha value is 1.01. The Morgan fingerprint density at radius 2 is 2.50 bits per heavy atom. The predicted molar refractivity (Wildman–Crippen MR) is 49.7 cm³/mol. The number of halogens is 1. The van der Waals surface area contributed by atoms with E-state index in [1.807, 2.05) is 4.99 Å². The maximum absolute atomic E-state index is 4.93. The zero-order valence-electron chi connectivity index (χ0n) is 3.89. The van der Waals surface area contributed by atoms with Crippen LogP contribution in [0.25, 0.3) is 0 Å². The summed E-state index contributed by atoms with van der Waals surface area (Å²) >= 11 is 11.6. The molecule has 0 atom stereocenters. The summed E-state index contributed by atoms with van der Waals surface area (Å²) < 4.78 is 1.04. The monoisotopic (exact) mass is 226 g/mol. The molecule has 0 unspecified atom stereocenters. The largest absolute Gasteiger partial charge is 0.109 e. The van der Waals surface area contributed by atoms with Crippen LogP contribution in [0.4, 0.5) is 0 Å². The fourth-order valence-electron chi connectivity index (χ4n) is 0.350. The number of thiocarbonyl (C=S) groups is 1. The Morgan fingerprint density at radius 3 is 2.75 bits per heavy atom. The molecule has 0 aromatic heterocycles. The van der Waals surface area contributed by atoms with E-state index in [4.69, 9.17) is 12.2 Å². The molecule has 1 aliphatic heterocycles. The maximum Gasteiger partial charge on any atom is 0.109 e. The van der Waals surface area contributed by atoms with Crippen LogP contribution in [-0.2, 0) is 0 Å². The van der Waals surface area contributed by atoms with Gasteiger partial charge in [-0.3, -0.25) is 0 Å². The SMILES string of the molecule is S=C1SCC(=CBr)S1. The van der Waals surface area contributed by atoms with E-state index in [1.54, 1.807) is 23.5 Å². The molecule has 1 saturated heterocycles. The van der Waals surface area contributed by atoms with Crippen LogP contribution in [0.5, 0.6) is 0 Å². The Labute approximate surface area is 70.6 Å². The summed E-state index contributed by atoms with van der Waals surface area (Å²) in [4.78, 5) is 3.25. The third-order valence-corrected chi connectivity index (χ3v) is 4.30. The van der Waals surface area contributed by atoms with E-state index >= 15 is 0 Å². The summed E-state index contributed by atoms with van der Waals surface area (Å²) in [5, 5.41) is 0. The summed E-state index contributed by atoms with van der Waals surface area (Å²) in [7, 11) is 0. The number of thioether (sulfide) groups is 2. The average Bonchev–Trinajstić information content (AvgIpc) is 2.14. The van der Waals surface area contributed by atoms with Crippen LogP contribution in [0.1, 0.15) is 0 Å². The normalized spacial score (nSPS) is 25.1. The minimum Gasteiger partial charge on any atom is -0.102 e. The lowest BCUT2D eigenvalue weighted by Crippen LogP contribution is -1.64. The van der Waals surface area contributed by atoms with Crippen LogP contribution < -0.4 is 0 Å². The van der Waals surface area contributed by atoms with Crippen LogP contribution in [0.15, 0.2) is 9.89 Å². The van der Waals surface area contributed by atoms with Gasteiger partial charge in [-0.1, -0.05) is 39.9 Å². The molecule has 1 rings (SSSR count). The quantitative estimate of drug-likeness (QED) is 0.584. The second-order valence-electron chi connectivity index (χ2n) is 1.22. The minimum atomic E-state index is 1.04. The number of rotatable bonds is 0. The summed E-state index contributed by atoms with van der Waals surface area (Å²) in [5.41, 5.74) is 0. The third-order valence-electron chi connectivity index (χ3n) is 0.668. The topological polar surface area (TPSA) is 0 Å². The summed E-state index contributed by atoms with van der Waals surface area (Å²) in [6.45, 7) is 0. The first-order chi connectivity index (χ1) is 3.83. The van der Waals surface area contributed by atoms with Gasteiger partial charge < -0.3 is 0 Å². The van der Waals surface area contributed by atoms with Gasteiger partial charge in [-0.25, -0.2) is 0 Å². The molecule has 4 heteroatoms. The second kappa shape index (κ2) is 3.25. The highest BCUT2D eigenvalue weighted by molar-refractivity contribution is 9.11. The van der Waals surface area contributed by atoms with Crippen LogP contribution in [0.3, 0.4) is 0 Å². The van der Waals surface area contributed by atoms with Gasteiger partial charge in [0.15, 0.2) is 0 Å². The van der Waals surface area contributed by atoms with Crippen molar-refractivity contribution in [2.75, 3.05) is 5.75 Å². The van der Waals surface area contributed by atoms with Gasteiger partial charge in [0.05, 0.1) is 0 Å². The summed E-state index contributed by atoms with van der Waals surface area (Å²) in [6, 6.07) is 0. The second-order valence-corrected chi connectivity index (χ2v) is 4.98. The molecule has 1 aliphatic rings. The lowest BCUT2D eigenvalue weighted by atomic mass is 10.7. The highest BCUT2D eigenvalue weighted by atomic mass is 79.9. The van der Waals surface area contributed by atoms with Crippen molar-refractivity contribution in [2.45, 2.75) is 0 Å². The standard InChI is InChI=1S/C4H3BrS3/c5-1-3-2-7-4(6)8-3/h1H,2H2. The van der Waals surface area contributed by atoms with E-state index in [0.29, 0.717) is 0 Å². The lowest BCUT2D eigenvalue weighted by molar-refractivity contribution is 1.78. The first-order valence-electron chi connectivity index (χ1n) is 1.97. The van der Waals surface area contributed by atoms with Crippen LogP contribution in [0.2, 0.25) is 0 Å². The van der Waals surface area contributed by atoms with E-state index in [-0.39, 0.29) is 0 Å². The van der Waals surface area contributed by atoms with E-state index in [9.17, 15) is 0 Å². The summed E-state index contributed by atoms with van der Waals surface area (Å²) in [5.74, 6) is 1.05. The number of hydrogen-bond donors (Lipinski definition) is 0. The van der Waals surface area contributed by atoms with Crippen molar-refractivity contribution in [1.29, 1.82) is 0 Å². The van der Waals surface area contributed by atoms with Crippen molar-refractivity contribution in [2.24, 2.45) is 0 Å². The fourth-order valence-corrected chi connectivity index (χ4v) is 3.25. The molecule has 0 bridgehead atoms. The van der Waals surface area contributed by atoms with Gasteiger partial charge >= 0.3 is 0 Å². The molecule has 0 N–H and O–H groups in total. The van der Waals surface area contributed by atoms with Crippen molar-refractivity contribution in [3.05, 3.63) is 9.89 Å². The van der Waals surface area contributed by atoms with Gasteiger partial charge in [-0.15, -0.1) is 11.8 Å². The first kappa shape index (κ1) is 7.12. The molecule has 0 aromatic rings. The molecule has 0 nitrogen and oxygen atoms in total. The molecule has 8 heavy (non-hydrogen) atoms. The van der Waals surface area contributed by atoms with E-state index < -0.39 is 0 Å². The highest BCUT2D eigenvalue weighted by Crippen LogP contribution is 2.36. The molecule has 1 fully saturated rings. The van der Waals surface area contributed by atoms with Gasteiger partial charge in [0.2, 0.25) is 0 Å². The van der Waals surface area contributed by atoms with Crippen molar-refractivity contribution < 1.29 is 0 Å². The minimum absolute atomic E-state index is 1.04. The molecule has 44 valence electrons. The molecule has 0 radical (unpaired) electrons. The van der Waals surface area contributed by atoms with Gasteiger partial charge in [-0.2, -0.15) is 0 Å². The van der Waals surface area contributed by atoms with Gasteiger partial charge in [0.25, 0.3) is 0 Å². The Kier molecular flexibility index (Phi) is 2.89. The van der Waals surface area contributed by atoms with Crippen molar-refractivity contribution in [3.8, 4) is 0 Å². The molecular formula is C4H3BrS3. The Morgan fingerprint density at radius 1 is 1.75 bits per heavy atom. The smallest absolute Gasteiger partial charge is 0.102 e. The average molecular weight is 227 g/mol. The molecular weight excluding hydrogens is 224 g/mol. The predicted octanol–water partition coefficient (Wildman–Crippen LogP) is 2.99. The van der Waals surface area contributed by atoms with Crippen molar-refractivity contribution in [3.63, 3.8) is 0 Å². The van der Waals surface area contributed by atoms with E-state index in [1.165, 1.54) is 4.91 Å². The Balaban J connectivity index is 2.56. The van der Waals surface area contributed by atoms with E-state index in [0.717, 1.165) is 9.28 Å². The van der Waals surface area contributed by atoms with Crippen molar-refractivity contribution >= 4 is 55.2 Å². The zero-order chi connectivity index (χ0) is 5.98. The van der Waals surface area contributed by atoms with Gasteiger partial charge in [-0.05, 0) is 4.99 Å². The number of hydrogen-bond acceptors (Lipinski definition) is 3. The summed E-state index contributed by atoms with van der Waals surface area (Å²) in [6.07, 6.45) is 0. The highest BCUT2D eigenvalue weighted by Gasteiger charge is 2.12. The molecule has 0 spiro atoms. The van der Waals surface area contributed by atoms with Crippen LogP contribution >= 0.6 is 51.7 Å². The molecule has 1 heterocycles. The molecule has 0 amide bonds. The zero-order valence-corrected chi connectivity index (χ0v) is 7.92. The third kappa shape index (κ3) is 1.76. The molecule has 0 aromatic carbocycles. The molecule has 0 saturated carbocycles. The van der Waals surface area contributed by atoms with Gasteiger partial charge in [0.1, 0.15) is 3.53 Å². The van der Waals surface area contributed by atoms with Crippen LogP contribution in [0, 0.1) is 0 Å². The molecule has 0 aliphatic carbocycles.